The van der Waals surface area contributed by atoms with E-state index < -0.39 is 18.5 Å². The van der Waals surface area contributed by atoms with Crippen molar-refractivity contribution in [1.82, 2.24) is 9.78 Å². The zero-order valence-corrected chi connectivity index (χ0v) is 18.3. The molecule has 1 heterocycles. The van der Waals surface area contributed by atoms with Crippen molar-refractivity contribution >= 4 is 33.5 Å². The smallest absolute Gasteiger partial charge is 0.359 e. The molecule has 1 amide bonds. The highest BCUT2D eigenvalue weighted by Gasteiger charge is 2.14. The van der Waals surface area contributed by atoms with Crippen LogP contribution in [0.2, 0.25) is 0 Å². The van der Waals surface area contributed by atoms with Gasteiger partial charge in [-0.15, -0.1) is 0 Å². The number of benzene rings is 2. The van der Waals surface area contributed by atoms with Gasteiger partial charge < -0.3 is 14.8 Å². The second-order valence-corrected chi connectivity index (χ2v) is 7.38. The van der Waals surface area contributed by atoms with E-state index in [1.165, 1.54) is 12.1 Å². The topological polar surface area (TPSA) is 99.5 Å². The van der Waals surface area contributed by atoms with Crippen molar-refractivity contribution < 1.29 is 19.1 Å². The molecule has 8 nitrogen and oxygen atoms in total. The number of hydrogen-bond donors (Lipinski definition) is 1. The molecular weight excluding hydrogens is 466 g/mol. The molecule has 0 bridgehead atoms. The summed E-state index contributed by atoms with van der Waals surface area (Å²) in [7, 11) is 0. The second-order valence-electron chi connectivity index (χ2n) is 6.53. The number of halogens is 1. The summed E-state index contributed by atoms with van der Waals surface area (Å²) in [5, 5.41) is 6.65. The number of anilines is 1. The highest BCUT2D eigenvalue weighted by atomic mass is 79.9. The SMILES string of the molecule is Cc1cc(NC(=O)COC(=O)c2ccc(=O)n(CCOc3ccccc3)n2)ccc1Br. The summed E-state index contributed by atoms with van der Waals surface area (Å²) in [6.45, 7) is 1.76. The lowest BCUT2D eigenvalue weighted by Gasteiger charge is -2.09. The zero-order chi connectivity index (χ0) is 22.2. The molecule has 3 aromatic rings. The summed E-state index contributed by atoms with van der Waals surface area (Å²) in [5.74, 6) is -0.627. The van der Waals surface area contributed by atoms with Crippen LogP contribution < -0.4 is 15.6 Å². The molecule has 2 aromatic carbocycles. The fourth-order valence-corrected chi connectivity index (χ4v) is 2.86. The number of esters is 1. The van der Waals surface area contributed by atoms with Gasteiger partial charge in [0.1, 0.15) is 12.4 Å². The summed E-state index contributed by atoms with van der Waals surface area (Å²) in [4.78, 5) is 36.3. The first-order valence-electron chi connectivity index (χ1n) is 9.41. The second kappa shape index (κ2) is 10.5. The first-order valence-corrected chi connectivity index (χ1v) is 10.2. The van der Waals surface area contributed by atoms with E-state index in [0.29, 0.717) is 11.4 Å². The van der Waals surface area contributed by atoms with Gasteiger partial charge in [-0.2, -0.15) is 5.10 Å². The fourth-order valence-electron chi connectivity index (χ4n) is 2.61. The number of hydrogen-bond acceptors (Lipinski definition) is 6. The Morgan fingerprint density at radius 2 is 1.87 bits per heavy atom. The van der Waals surface area contributed by atoms with E-state index in [-0.39, 0.29) is 24.4 Å². The van der Waals surface area contributed by atoms with Crippen LogP contribution in [0.25, 0.3) is 0 Å². The molecule has 0 aliphatic carbocycles. The number of ether oxygens (including phenoxy) is 2. The van der Waals surface area contributed by atoms with Gasteiger partial charge in [-0.25, -0.2) is 9.48 Å². The Balaban J connectivity index is 1.53. The molecule has 1 N–H and O–H groups in total. The molecule has 31 heavy (non-hydrogen) atoms. The molecule has 0 saturated heterocycles. The van der Waals surface area contributed by atoms with Gasteiger partial charge in [-0.3, -0.25) is 9.59 Å². The van der Waals surface area contributed by atoms with E-state index in [1.54, 1.807) is 24.3 Å². The van der Waals surface area contributed by atoms with Crippen molar-refractivity contribution in [3.63, 3.8) is 0 Å². The zero-order valence-electron chi connectivity index (χ0n) is 16.7. The van der Waals surface area contributed by atoms with Crippen LogP contribution in [0.1, 0.15) is 16.1 Å². The average Bonchev–Trinajstić information content (AvgIpc) is 2.76. The number of amides is 1. The van der Waals surface area contributed by atoms with Gasteiger partial charge in [0.05, 0.1) is 6.54 Å². The van der Waals surface area contributed by atoms with Crippen molar-refractivity contribution in [1.29, 1.82) is 0 Å². The highest BCUT2D eigenvalue weighted by molar-refractivity contribution is 9.10. The third-order valence-corrected chi connectivity index (χ3v) is 5.06. The van der Waals surface area contributed by atoms with E-state index in [4.69, 9.17) is 9.47 Å². The molecule has 0 saturated carbocycles. The van der Waals surface area contributed by atoms with E-state index in [9.17, 15) is 14.4 Å². The summed E-state index contributed by atoms with van der Waals surface area (Å²) in [6, 6.07) is 16.9. The molecule has 0 aliphatic rings. The Kier molecular flexibility index (Phi) is 7.55. The van der Waals surface area contributed by atoms with E-state index >= 15 is 0 Å². The van der Waals surface area contributed by atoms with Gasteiger partial charge in [-0.1, -0.05) is 34.1 Å². The normalized spacial score (nSPS) is 10.4. The predicted octanol–water partition coefficient (Wildman–Crippen LogP) is 3.19. The number of nitrogens with zero attached hydrogens (tertiary/aromatic N) is 2. The number of rotatable bonds is 8. The largest absolute Gasteiger partial charge is 0.492 e. The summed E-state index contributed by atoms with van der Waals surface area (Å²) in [6.07, 6.45) is 0. The number of carbonyl (C=O) groups is 2. The first kappa shape index (κ1) is 22.2. The van der Waals surface area contributed by atoms with Crippen LogP contribution in [0.15, 0.2) is 69.9 Å². The molecule has 0 radical (unpaired) electrons. The predicted molar refractivity (Wildman–Crippen MR) is 118 cm³/mol. The number of para-hydroxylation sites is 1. The molecule has 9 heteroatoms. The highest BCUT2D eigenvalue weighted by Crippen LogP contribution is 2.19. The standard InChI is InChI=1S/C22H20BrN3O5/c1-15-13-16(7-8-18(15)23)24-20(27)14-31-22(29)19-9-10-21(28)26(25-19)11-12-30-17-5-3-2-4-6-17/h2-10,13H,11-12,14H2,1H3,(H,24,27). The van der Waals surface area contributed by atoms with Crippen molar-refractivity contribution in [3.05, 3.63) is 86.7 Å². The Morgan fingerprint density at radius 1 is 1.10 bits per heavy atom. The summed E-state index contributed by atoms with van der Waals surface area (Å²) < 4.78 is 12.6. The van der Waals surface area contributed by atoms with Crippen LogP contribution >= 0.6 is 15.9 Å². The van der Waals surface area contributed by atoms with E-state index in [1.807, 2.05) is 31.2 Å². The maximum absolute atomic E-state index is 12.2. The first-order chi connectivity index (χ1) is 14.9. The van der Waals surface area contributed by atoms with Gasteiger partial charge in [0.15, 0.2) is 12.3 Å². The summed E-state index contributed by atoms with van der Waals surface area (Å²) >= 11 is 3.39. The molecule has 1 aromatic heterocycles. The molecule has 0 atom stereocenters. The van der Waals surface area contributed by atoms with Gasteiger partial charge >= 0.3 is 5.97 Å². The van der Waals surface area contributed by atoms with Gasteiger partial charge in [-0.05, 0) is 48.9 Å². The van der Waals surface area contributed by atoms with E-state index in [0.717, 1.165) is 14.7 Å². The number of aryl methyl sites for hydroxylation is 1. The average molecular weight is 486 g/mol. The Morgan fingerprint density at radius 3 is 2.61 bits per heavy atom. The van der Waals surface area contributed by atoms with Crippen LogP contribution in [0, 0.1) is 6.92 Å². The van der Waals surface area contributed by atoms with Gasteiger partial charge in [0.25, 0.3) is 11.5 Å². The maximum atomic E-state index is 12.2. The van der Waals surface area contributed by atoms with Gasteiger partial charge in [0, 0.05) is 16.2 Å². The van der Waals surface area contributed by atoms with Crippen LogP contribution in [0.5, 0.6) is 5.75 Å². The number of nitrogens with one attached hydrogen (secondary N) is 1. The lowest BCUT2D eigenvalue weighted by Crippen LogP contribution is -2.28. The Bertz CT molecular complexity index is 1130. The van der Waals surface area contributed by atoms with Crippen LogP contribution in [-0.4, -0.2) is 34.9 Å². The fraction of sp³-hybridized carbons (Fsp3) is 0.182. The van der Waals surface area contributed by atoms with Crippen molar-refractivity contribution in [2.75, 3.05) is 18.5 Å². The molecule has 160 valence electrons. The molecule has 0 spiro atoms. The molecule has 0 fully saturated rings. The minimum Gasteiger partial charge on any atom is -0.492 e. The Hall–Kier alpha value is -3.46. The Labute approximate surface area is 186 Å². The third-order valence-electron chi connectivity index (χ3n) is 4.17. The van der Waals surface area contributed by atoms with Crippen LogP contribution in [0.3, 0.4) is 0 Å². The monoisotopic (exact) mass is 485 g/mol. The molecule has 0 aliphatic heterocycles. The van der Waals surface area contributed by atoms with Crippen LogP contribution in [-0.2, 0) is 16.1 Å². The minimum atomic E-state index is -0.806. The number of aromatic nitrogens is 2. The van der Waals surface area contributed by atoms with Crippen molar-refractivity contribution in [3.8, 4) is 5.75 Å². The van der Waals surface area contributed by atoms with Crippen LogP contribution in [0.4, 0.5) is 5.69 Å². The molecule has 0 unspecified atom stereocenters. The van der Waals surface area contributed by atoms with Crippen molar-refractivity contribution in [2.45, 2.75) is 13.5 Å². The quantitative estimate of drug-likeness (QED) is 0.491. The maximum Gasteiger partial charge on any atom is 0.359 e. The van der Waals surface area contributed by atoms with E-state index in [2.05, 4.69) is 26.3 Å². The lowest BCUT2D eigenvalue weighted by molar-refractivity contribution is -0.119. The minimum absolute atomic E-state index is 0.0772. The number of carbonyl (C=O) groups excluding carboxylic acids is 2. The third kappa shape index (κ3) is 6.51. The van der Waals surface area contributed by atoms with Crippen molar-refractivity contribution in [2.24, 2.45) is 0 Å². The lowest BCUT2D eigenvalue weighted by atomic mass is 10.2. The summed E-state index contributed by atoms with van der Waals surface area (Å²) in [5.41, 5.74) is 1.09. The van der Waals surface area contributed by atoms with Gasteiger partial charge in [0.2, 0.25) is 0 Å². The molecular formula is C22H20BrN3O5. The molecule has 3 rings (SSSR count).